The van der Waals surface area contributed by atoms with Crippen molar-refractivity contribution >= 4 is 0 Å². The van der Waals surface area contributed by atoms with E-state index in [9.17, 15) is 0 Å². The third-order valence-electron chi connectivity index (χ3n) is 4.30. The molecule has 0 spiro atoms. The van der Waals surface area contributed by atoms with Gasteiger partial charge >= 0.3 is 0 Å². The molecule has 1 aromatic rings. The predicted octanol–water partition coefficient (Wildman–Crippen LogP) is 4.91. The van der Waals surface area contributed by atoms with Crippen molar-refractivity contribution in [2.75, 3.05) is 13.6 Å². The third kappa shape index (κ3) is 5.24. The summed E-state index contributed by atoms with van der Waals surface area (Å²) in [5.74, 6) is 0. The summed E-state index contributed by atoms with van der Waals surface area (Å²) in [6.07, 6.45) is 8.93. The van der Waals surface area contributed by atoms with Gasteiger partial charge in [-0.1, -0.05) is 65.0 Å². The van der Waals surface area contributed by atoms with Crippen molar-refractivity contribution in [2.24, 2.45) is 5.41 Å². The van der Waals surface area contributed by atoms with Gasteiger partial charge in [-0.2, -0.15) is 0 Å². The van der Waals surface area contributed by atoms with Gasteiger partial charge in [0.2, 0.25) is 0 Å². The molecule has 1 aliphatic heterocycles. The number of allylic oxidation sites excluding steroid dienone is 2. The van der Waals surface area contributed by atoms with Crippen LogP contribution < -0.4 is 0 Å². The Morgan fingerprint density at radius 3 is 2.17 bits per heavy atom. The van der Waals surface area contributed by atoms with Crippen LogP contribution in [0.3, 0.4) is 0 Å². The zero-order valence-corrected chi connectivity index (χ0v) is 15.5. The summed E-state index contributed by atoms with van der Waals surface area (Å²) in [5, 5.41) is 0. The number of likely N-dealkylation sites (N-methyl/N-ethyl adjacent to an activating group) is 1. The van der Waals surface area contributed by atoms with Gasteiger partial charge < -0.3 is 4.74 Å². The van der Waals surface area contributed by atoms with Gasteiger partial charge in [0.1, 0.15) is 0 Å². The summed E-state index contributed by atoms with van der Waals surface area (Å²) in [4.78, 5) is 2.27. The van der Waals surface area contributed by atoms with E-state index in [0.717, 1.165) is 13.0 Å². The van der Waals surface area contributed by atoms with Crippen molar-refractivity contribution in [3.8, 4) is 0 Å². The second-order valence-electron chi connectivity index (χ2n) is 8.44. The molecule has 1 heterocycles. The molecule has 0 N–H and O–H groups in total. The van der Waals surface area contributed by atoms with E-state index in [0.29, 0.717) is 0 Å². The maximum absolute atomic E-state index is 5.65. The molecule has 1 aromatic carbocycles. The summed E-state index contributed by atoms with van der Waals surface area (Å²) >= 11 is 0. The lowest BCUT2D eigenvalue weighted by Crippen LogP contribution is -2.40. The van der Waals surface area contributed by atoms with Crippen LogP contribution in [-0.2, 0) is 16.6 Å². The van der Waals surface area contributed by atoms with Crippen molar-refractivity contribution in [3.63, 3.8) is 0 Å². The molecule has 126 valence electrons. The summed E-state index contributed by atoms with van der Waals surface area (Å²) in [7, 11) is 2.12. The van der Waals surface area contributed by atoms with E-state index in [2.05, 4.69) is 76.9 Å². The summed E-state index contributed by atoms with van der Waals surface area (Å²) in [6.45, 7) is 12.4. The molecular formula is C21H31NO. The Morgan fingerprint density at radius 1 is 1.00 bits per heavy atom. The quantitative estimate of drug-likeness (QED) is 0.766. The lowest BCUT2D eigenvalue weighted by molar-refractivity contribution is 0.0211. The summed E-state index contributed by atoms with van der Waals surface area (Å²) in [5.41, 5.74) is 3.20. The summed E-state index contributed by atoms with van der Waals surface area (Å²) < 4.78 is 5.65. The predicted molar refractivity (Wildman–Crippen MR) is 98.4 cm³/mol. The standard InChI is InChI=1S/C21H31NO/c1-20(2,3)18-12-10-17(11-13-18)15-21(4,5)16-22(6)19-9-7-8-14-23-19/h7-14,19H,15-16H2,1-6H3. The minimum absolute atomic E-state index is 0.0440. The number of nitrogens with zero attached hydrogens (tertiary/aromatic N) is 1. The SMILES string of the molecule is CN(CC(C)(C)Cc1ccc(C(C)(C)C)cc1)C1C=CC=CO1. The van der Waals surface area contributed by atoms with Crippen molar-refractivity contribution in [3.05, 3.63) is 59.9 Å². The Bertz CT molecular complexity index is 560. The molecular weight excluding hydrogens is 282 g/mol. The fourth-order valence-electron chi connectivity index (χ4n) is 3.12. The number of benzene rings is 1. The molecule has 0 bridgehead atoms. The Labute approximate surface area is 141 Å². The molecule has 0 saturated carbocycles. The van der Waals surface area contributed by atoms with Crippen LogP contribution in [0.2, 0.25) is 0 Å². The molecule has 0 aromatic heterocycles. The van der Waals surface area contributed by atoms with Crippen LogP contribution in [0.15, 0.2) is 48.8 Å². The van der Waals surface area contributed by atoms with Crippen LogP contribution in [0.25, 0.3) is 0 Å². The van der Waals surface area contributed by atoms with Crippen LogP contribution in [0.5, 0.6) is 0 Å². The zero-order chi connectivity index (χ0) is 17.1. The highest BCUT2D eigenvalue weighted by Crippen LogP contribution is 2.27. The van der Waals surface area contributed by atoms with Gasteiger partial charge in [0.25, 0.3) is 0 Å². The number of ether oxygens (including phenoxy) is 1. The molecule has 1 unspecified atom stereocenters. The Hall–Kier alpha value is -1.54. The monoisotopic (exact) mass is 313 g/mol. The van der Waals surface area contributed by atoms with Crippen LogP contribution >= 0.6 is 0 Å². The molecule has 0 fully saturated rings. The van der Waals surface area contributed by atoms with Gasteiger partial charge in [0.15, 0.2) is 6.23 Å². The third-order valence-corrected chi connectivity index (χ3v) is 4.30. The average Bonchev–Trinajstić information content (AvgIpc) is 2.46. The van der Waals surface area contributed by atoms with Crippen molar-refractivity contribution in [1.82, 2.24) is 4.90 Å². The maximum Gasteiger partial charge on any atom is 0.171 e. The van der Waals surface area contributed by atoms with Crippen LogP contribution in [0, 0.1) is 5.41 Å². The molecule has 0 aliphatic carbocycles. The van der Waals surface area contributed by atoms with Gasteiger partial charge in [-0.3, -0.25) is 4.90 Å². The van der Waals surface area contributed by atoms with Crippen LogP contribution in [-0.4, -0.2) is 24.7 Å². The molecule has 0 saturated heterocycles. The Kier molecular flexibility index (Phi) is 5.36. The largest absolute Gasteiger partial charge is 0.479 e. The molecule has 2 nitrogen and oxygen atoms in total. The first-order valence-corrected chi connectivity index (χ1v) is 8.46. The fraction of sp³-hybridized carbons (Fsp3) is 0.524. The van der Waals surface area contributed by atoms with E-state index in [4.69, 9.17) is 4.74 Å². The second kappa shape index (κ2) is 6.92. The van der Waals surface area contributed by atoms with E-state index in [1.165, 1.54) is 11.1 Å². The first kappa shape index (κ1) is 17.8. The minimum Gasteiger partial charge on any atom is -0.479 e. The van der Waals surface area contributed by atoms with Gasteiger partial charge in [-0.05, 0) is 47.6 Å². The average molecular weight is 313 g/mol. The topological polar surface area (TPSA) is 12.5 Å². The molecule has 1 atom stereocenters. The lowest BCUT2D eigenvalue weighted by atomic mass is 9.82. The van der Waals surface area contributed by atoms with Crippen molar-refractivity contribution in [1.29, 1.82) is 0 Å². The van der Waals surface area contributed by atoms with Gasteiger partial charge in [0, 0.05) is 6.54 Å². The van der Waals surface area contributed by atoms with Crippen molar-refractivity contribution in [2.45, 2.75) is 52.7 Å². The van der Waals surface area contributed by atoms with E-state index < -0.39 is 0 Å². The van der Waals surface area contributed by atoms with Gasteiger partial charge in [-0.25, -0.2) is 0 Å². The van der Waals surface area contributed by atoms with E-state index >= 15 is 0 Å². The number of rotatable bonds is 5. The fourth-order valence-corrected chi connectivity index (χ4v) is 3.12. The molecule has 1 aliphatic rings. The smallest absolute Gasteiger partial charge is 0.171 e. The van der Waals surface area contributed by atoms with Gasteiger partial charge in [-0.15, -0.1) is 0 Å². The van der Waals surface area contributed by atoms with E-state index in [-0.39, 0.29) is 17.1 Å². The number of hydrogen-bond acceptors (Lipinski definition) is 2. The molecule has 23 heavy (non-hydrogen) atoms. The highest BCUT2D eigenvalue weighted by molar-refractivity contribution is 5.28. The van der Waals surface area contributed by atoms with Crippen molar-refractivity contribution < 1.29 is 4.74 Å². The lowest BCUT2D eigenvalue weighted by Gasteiger charge is -2.34. The Morgan fingerprint density at radius 2 is 1.65 bits per heavy atom. The second-order valence-corrected chi connectivity index (χ2v) is 8.44. The Balaban J connectivity index is 1.97. The first-order valence-electron chi connectivity index (χ1n) is 8.46. The van der Waals surface area contributed by atoms with Crippen LogP contribution in [0.4, 0.5) is 0 Å². The normalized spacial score (nSPS) is 18.3. The van der Waals surface area contributed by atoms with Gasteiger partial charge in [0.05, 0.1) is 6.26 Å². The highest BCUT2D eigenvalue weighted by atomic mass is 16.5. The molecule has 0 radical (unpaired) electrons. The maximum atomic E-state index is 5.65. The van der Waals surface area contributed by atoms with E-state index in [1.807, 2.05) is 12.2 Å². The zero-order valence-electron chi connectivity index (χ0n) is 15.5. The first-order chi connectivity index (χ1) is 10.7. The summed E-state index contributed by atoms with van der Waals surface area (Å²) in [6, 6.07) is 9.10. The van der Waals surface area contributed by atoms with E-state index in [1.54, 1.807) is 6.26 Å². The molecule has 2 heteroatoms. The highest BCUT2D eigenvalue weighted by Gasteiger charge is 2.25. The molecule has 2 rings (SSSR count). The minimum atomic E-state index is 0.0440. The van der Waals surface area contributed by atoms with Crippen LogP contribution in [0.1, 0.15) is 45.7 Å². The molecule has 0 amide bonds. The number of hydrogen-bond donors (Lipinski definition) is 0.